The fourth-order valence-electron chi connectivity index (χ4n) is 3.44. The van der Waals surface area contributed by atoms with E-state index in [2.05, 4.69) is 22.6 Å². The van der Waals surface area contributed by atoms with Gasteiger partial charge in [0, 0.05) is 9.61 Å². The molecular formula is C21H23IN2O5S. The van der Waals surface area contributed by atoms with Gasteiger partial charge in [-0.2, -0.15) is 4.31 Å². The zero-order valence-electron chi connectivity index (χ0n) is 16.9. The number of hydrogen-bond acceptors (Lipinski definition) is 5. The van der Waals surface area contributed by atoms with Crippen LogP contribution in [-0.2, 0) is 19.6 Å². The van der Waals surface area contributed by atoms with Gasteiger partial charge in [0.25, 0.3) is 5.91 Å². The first-order chi connectivity index (χ1) is 14.2. The summed E-state index contributed by atoms with van der Waals surface area (Å²) >= 11 is 2.14. The van der Waals surface area contributed by atoms with Crippen LogP contribution in [0.3, 0.4) is 0 Å². The van der Waals surface area contributed by atoms with E-state index in [1.165, 1.54) is 23.5 Å². The van der Waals surface area contributed by atoms with Gasteiger partial charge in [-0.05, 0) is 84.5 Å². The van der Waals surface area contributed by atoms with Crippen molar-refractivity contribution in [2.24, 2.45) is 0 Å². The molecule has 1 aliphatic rings. The lowest BCUT2D eigenvalue weighted by molar-refractivity contribution is -0.122. The summed E-state index contributed by atoms with van der Waals surface area (Å²) in [4.78, 5) is 27.1. The Bertz CT molecular complexity index is 1040. The number of carbonyl (C=O) groups is 2. The maximum Gasteiger partial charge on any atom is 0.252 e. The summed E-state index contributed by atoms with van der Waals surface area (Å²) in [6, 6.07) is 11.4. The molecule has 0 radical (unpaired) electrons. The zero-order chi connectivity index (χ0) is 22.1. The van der Waals surface area contributed by atoms with Crippen molar-refractivity contribution in [2.75, 3.05) is 12.0 Å². The summed E-state index contributed by atoms with van der Waals surface area (Å²) in [6.45, 7) is 3.59. The standard InChI is InChI=1S/C21H23IN2O5S/c1-4-14(2)24(30(27,28)18-11-9-17(29-3)10-12-18)19-13-20(25)23(21(19)26)16-7-5-15(22)6-8-16/h5-12,14,19H,4,13H2,1-3H3. The Labute approximate surface area is 190 Å². The molecule has 0 spiro atoms. The van der Waals surface area contributed by atoms with E-state index >= 15 is 0 Å². The maximum atomic E-state index is 13.5. The molecule has 160 valence electrons. The predicted molar refractivity (Wildman–Crippen MR) is 122 cm³/mol. The van der Waals surface area contributed by atoms with Gasteiger partial charge in [0.1, 0.15) is 11.8 Å². The third kappa shape index (κ3) is 4.23. The molecule has 0 aliphatic carbocycles. The number of imide groups is 1. The summed E-state index contributed by atoms with van der Waals surface area (Å²) in [5, 5.41) is 0. The molecule has 2 amide bonds. The molecule has 0 bridgehead atoms. The van der Waals surface area contributed by atoms with E-state index < -0.39 is 33.9 Å². The Kier molecular flexibility index (Phi) is 6.83. The van der Waals surface area contributed by atoms with Gasteiger partial charge in [0.05, 0.1) is 24.1 Å². The normalized spacial score (nSPS) is 18.2. The maximum absolute atomic E-state index is 13.5. The second kappa shape index (κ2) is 9.03. The molecule has 1 fully saturated rings. The molecule has 2 aromatic rings. The smallest absolute Gasteiger partial charge is 0.252 e. The summed E-state index contributed by atoms with van der Waals surface area (Å²) in [6.07, 6.45) is 0.307. The van der Waals surface area contributed by atoms with Crippen molar-refractivity contribution in [1.82, 2.24) is 4.31 Å². The Balaban J connectivity index is 2.00. The van der Waals surface area contributed by atoms with Crippen molar-refractivity contribution >= 4 is 50.1 Å². The molecule has 1 aliphatic heterocycles. The number of ether oxygens (including phenoxy) is 1. The highest BCUT2D eigenvalue weighted by Gasteiger charge is 2.48. The molecule has 1 heterocycles. The predicted octanol–water partition coefficient (Wildman–Crippen LogP) is 3.42. The van der Waals surface area contributed by atoms with Gasteiger partial charge in [-0.25, -0.2) is 13.3 Å². The Morgan fingerprint density at radius 2 is 1.73 bits per heavy atom. The number of hydrogen-bond donors (Lipinski definition) is 0. The van der Waals surface area contributed by atoms with Gasteiger partial charge < -0.3 is 4.74 Å². The highest BCUT2D eigenvalue weighted by molar-refractivity contribution is 14.1. The minimum Gasteiger partial charge on any atom is -0.497 e. The summed E-state index contributed by atoms with van der Waals surface area (Å²) in [7, 11) is -2.52. The first-order valence-corrected chi connectivity index (χ1v) is 12.0. The largest absolute Gasteiger partial charge is 0.497 e. The molecular weight excluding hydrogens is 519 g/mol. The van der Waals surface area contributed by atoms with Crippen LogP contribution in [-0.4, -0.2) is 43.7 Å². The van der Waals surface area contributed by atoms with Gasteiger partial charge in [0.15, 0.2) is 0 Å². The van der Waals surface area contributed by atoms with Crippen LogP contribution in [0, 0.1) is 3.57 Å². The van der Waals surface area contributed by atoms with Gasteiger partial charge in [-0.15, -0.1) is 0 Å². The van der Waals surface area contributed by atoms with E-state index in [1.54, 1.807) is 43.3 Å². The van der Waals surface area contributed by atoms with E-state index in [0.717, 1.165) is 8.47 Å². The van der Waals surface area contributed by atoms with E-state index in [9.17, 15) is 18.0 Å². The summed E-state index contributed by atoms with van der Waals surface area (Å²) < 4.78 is 34.2. The number of nitrogens with zero attached hydrogens (tertiary/aromatic N) is 2. The van der Waals surface area contributed by atoms with Crippen LogP contribution in [0.1, 0.15) is 26.7 Å². The zero-order valence-corrected chi connectivity index (χ0v) is 19.9. The van der Waals surface area contributed by atoms with Crippen LogP contribution in [0.15, 0.2) is 53.4 Å². The molecule has 0 N–H and O–H groups in total. The van der Waals surface area contributed by atoms with Gasteiger partial charge in [0.2, 0.25) is 15.9 Å². The third-order valence-corrected chi connectivity index (χ3v) is 7.93. The van der Waals surface area contributed by atoms with Crippen molar-refractivity contribution in [3.05, 3.63) is 52.1 Å². The van der Waals surface area contributed by atoms with Crippen LogP contribution in [0.4, 0.5) is 5.69 Å². The number of benzene rings is 2. The molecule has 1 saturated heterocycles. The molecule has 9 heteroatoms. The highest BCUT2D eigenvalue weighted by atomic mass is 127. The summed E-state index contributed by atoms with van der Waals surface area (Å²) in [5.74, 6) is -0.413. The number of methoxy groups -OCH3 is 1. The molecule has 2 atom stereocenters. The Morgan fingerprint density at radius 3 is 2.27 bits per heavy atom. The number of carbonyl (C=O) groups excluding carboxylic acids is 2. The minimum atomic E-state index is -4.01. The topological polar surface area (TPSA) is 84.0 Å². The minimum absolute atomic E-state index is 0.0524. The van der Waals surface area contributed by atoms with E-state index in [-0.39, 0.29) is 11.3 Å². The first kappa shape index (κ1) is 22.7. The van der Waals surface area contributed by atoms with Crippen molar-refractivity contribution in [3.8, 4) is 5.75 Å². The summed E-state index contributed by atoms with van der Waals surface area (Å²) in [5.41, 5.74) is 0.443. The molecule has 30 heavy (non-hydrogen) atoms. The molecule has 2 aromatic carbocycles. The number of amides is 2. The molecule has 0 aromatic heterocycles. The van der Waals surface area contributed by atoms with Crippen LogP contribution in [0.25, 0.3) is 0 Å². The van der Waals surface area contributed by atoms with Crippen LogP contribution in [0.2, 0.25) is 0 Å². The van der Waals surface area contributed by atoms with E-state index in [1.807, 2.05) is 6.92 Å². The van der Waals surface area contributed by atoms with Crippen LogP contribution >= 0.6 is 22.6 Å². The fourth-order valence-corrected chi connectivity index (χ4v) is 5.64. The average molecular weight is 542 g/mol. The SMILES string of the molecule is CCC(C)N(C1CC(=O)N(c2ccc(I)cc2)C1=O)S(=O)(=O)c1ccc(OC)cc1. The lowest BCUT2D eigenvalue weighted by Gasteiger charge is -2.31. The van der Waals surface area contributed by atoms with Crippen molar-refractivity contribution in [2.45, 2.75) is 43.7 Å². The number of anilines is 1. The van der Waals surface area contributed by atoms with Gasteiger partial charge in [-0.3, -0.25) is 9.59 Å². The monoisotopic (exact) mass is 542 g/mol. The lowest BCUT2D eigenvalue weighted by Crippen LogP contribution is -2.49. The number of sulfonamides is 1. The average Bonchev–Trinajstić information content (AvgIpc) is 3.02. The number of halogens is 1. The van der Waals surface area contributed by atoms with Crippen molar-refractivity contribution in [3.63, 3.8) is 0 Å². The Morgan fingerprint density at radius 1 is 1.13 bits per heavy atom. The Hall–Kier alpha value is -1.98. The molecule has 7 nitrogen and oxygen atoms in total. The van der Waals surface area contributed by atoms with Crippen molar-refractivity contribution in [1.29, 1.82) is 0 Å². The second-order valence-corrected chi connectivity index (χ2v) is 10.1. The van der Waals surface area contributed by atoms with Gasteiger partial charge in [-0.1, -0.05) is 6.92 Å². The molecule has 3 rings (SSSR count). The highest BCUT2D eigenvalue weighted by Crippen LogP contribution is 2.32. The number of rotatable bonds is 7. The van der Waals surface area contributed by atoms with Gasteiger partial charge >= 0.3 is 0 Å². The quantitative estimate of drug-likeness (QED) is 0.396. The fraction of sp³-hybridized carbons (Fsp3) is 0.333. The van der Waals surface area contributed by atoms with E-state index in [4.69, 9.17) is 4.74 Å². The van der Waals surface area contributed by atoms with Crippen molar-refractivity contribution < 1.29 is 22.7 Å². The lowest BCUT2D eigenvalue weighted by atomic mass is 10.2. The molecule has 0 saturated carbocycles. The first-order valence-electron chi connectivity index (χ1n) is 9.50. The van der Waals surface area contributed by atoms with E-state index in [0.29, 0.717) is 17.9 Å². The second-order valence-electron chi connectivity index (χ2n) is 7.03. The third-order valence-electron chi connectivity index (χ3n) is 5.17. The van der Waals surface area contributed by atoms with Crippen LogP contribution in [0.5, 0.6) is 5.75 Å². The van der Waals surface area contributed by atoms with Crippen LogP contribution < -0.4 is 9.64 Å². The molecule has 2 unspecified atom stereocenters.